The van der Waals surface area contributed by atoms with Gasteiger partial charge in [0.05, 0.1) is 13.0 Å². The van der Waals surface area contributed by atoms with Crippen LogP contribution in [0.3, 0.4) is 0 Å². The third-order valence-corrected chi connectivity index (χ3v) is 4.11. The maximum atomic E-state index is 12.8. The molecule has 1 N–H and O–H groups in total. The van der Waals surface area contributed by atoms with Gasteiger partial charge in [-0.3, -0.25) is 4.79 Å². The van der Waals surface area contributed by atoms with Gasteiger partial charge in [-0.05, 0) is 37.5 Å². The summed E-state index contributed by atoms with van der Waals surface area (Å²) in [4.78, 5) is 12.2. The van der Waals surface area contributed by atoms with Gasteiger partial charge in [-0.1, -0.05) is 6.42 Å². The first-order valence-electron chi connectivity index (χ1n) is 7.71. The number of hydrogen-bond acceptors (Lipinski definition) is 3. The second-order valence-electron chi connectivity index (χ2n) is 5.82. The summed E-state index contributed by atoms with van der Waals surface area (Å²) in [6.07, 6.45) is -3.63. The fraction of sp³-hybridized carbons (Fsp3) is 0.562. The fourth-order valence-corrected chi connectivity index (χ4v) is 2.89. The van der Waals surface area contributed by atoms with E-state index in [4.69, 9.17) is 4.74 Å². The van der Waals surface area contributed by atoms with E-state index in [0.29, 0.717) is 12.8 Å². The van der Waals surface area contributed by atoms with Crippen LogP contribution in [-0.2, 0) is 0 Å². The van der Waals surface area contributed by atoms with Crippen molar-refractivity contribution < 1.29 is 36.2 Å². The van der Waals surface area contributed by atoms with E-state index in [-0.39, 0.29) is 29.9 Å². The Morgan fingerprint density at radius 2 is 1.96 bits per heavy atom. The summed E-state index contributed by atoms with van der Waals surface area (Å²) in [6.45, 7) is -3.10. The van der Waals surface area contributed by atoms with E-state index in [1.807, 2.05) is 0 Å². The van der Waals surface area contributed by atoms with E-state index in [1.54, 1.807) is 0 Å². The number of benzene rings is 1. The average molecular weight is 367 g/mol. The standard InChI is InChI=1S/C16H18F5NO3/c1-24-12-6-5-9(7-13(12)25-15(17)18)14(23)22-11-4-2-3-10(8-11)16(19,20)21/h5-7,10-11,15H,2-4,8H2,1H3,(H,22,23)/t10-,11+/m1/s1. The van der Waals surface area contributed by atoms with Crippen molar-refractivity contribution in [1.82, 2.24) is 5.32 Å². The molecule has 2 atom stereocenters. The highest BCUT2D eigenvalue weighted by atomic mass is 19.4. The molecule has 0 heterocycles. The van der Waals surface area contributed by atoms with Crippen LogP contribution in [0.25, 0.3) is 0 Å². The molecule has 1 fully saturated rings. The highest BCUT2D eigenvalue weighted by Crippen LogP contribution is 2.37. The van der Waals surface area contributed by atoms with Gasteiger partial charge in [0.2, 0.25) is 0 Å². The molecular weight excluding hydrogens is 349 g/mol. The summed E-state index contributed by atoms with van der Waals surface area (Å²) < 4.78 is 72.4. The Balaban J connectivity index is 2.07. The van der Waals surface area contributed by atoms with E-state index < -0.39 is 30.7 Å². The number of carbonyl (C=O) groups is 1. The quantitative estimate of drug-likeness (QED) is 0.796. The van der Waals surface area contributed by atoms with Crippen LogP contribution in [-0.4, -0.2) is 31.8 Å². The Kier molecular flexibility index (Phi) is 6.07. The molecule has 1 aliphatic rings. The van der Waals surface area contributed by atoms with Crippen LogP contribution in [0.2, 0.25) is 0 Å². The van der Waals surface area contributed by atoms with Crippen molar-refractivity contribution in [2.75, 3.05) is 7.11 Å². The first kappa shape index (κ1) is 19.3. The normalized spacial score (nSPS) is 21.1. The molecule has 25 heavy (non-hydrogen) atoms. The van der Waals surface area contributed by atoms with Crippen molar-refractivity contribution in [2.24, 2.45) is 5.92 Å². The molecule has 1 amide bonds. The molecular formula is C16H18F5NO3. The smallest absolute Gasteiger partial charge is 0.391 e. The first-order chi connectivity index (χ1) is 11.7. The third kappa shape index (κ3) is 5.20. The van der Waals surface area contributed by atoms with Gasteiger partial charge in [-0.25, -0.2) is 0 Å². The average Bonchev–Trinajstić information content (AvgIpc) is 2.53. The van der Waals surface area contributed by atoms with Gasteiger partial charge in [-0.15, -0.1) is 0 Å². The maximum Gasteiger partial charge on any atom is 0.391 e. The first-order valence-corrected chi connectivity index (χ1v) is 7.71. The van der Waals surface area contributed by atoms with Crippen molar-refractivity contribution in [2.45, 2.75) is 44.5 Å². The predicted molar refractivity (Wildman–Crippen MR) is 78.9 cm³/mol. The van der Waals surface area contributed by atoms with Gasteiger partial charge in [-0.2, -0.15) is 22.0 Å². The van der Waals surface area contributed by atoms with Crippen molar-refractivity contribution in [3.8, 4) is 11.5 Å². The summed E-state index contributed by atoms with van der Waals surface area (Å²) in [5.41, 5.74) is 0.00517. The summed E-state index contributed by atoms with van der Waals surface area (Å²) in [5, 5.41) is 2.53. The zero-order valence-electron chi connectivity index (χ0n) is 13.4. The molecule has 0 radical (unpaired) electrons. The minimum atomic E-state index is -4.29. The zero-order chi connectivity index (χ0) is 18.6. The largest absolute Gasteiger partial charge is 0.493 e. The Hall–Kier alpha value is -2.06. The monoisotopic (exact) mass is 367 g/mol. The van der Waals surface area contributed by atoms with Crippen molar-refractivity contribution >= 4 is 5.91 Å². The number of halogens is 5. The molecule has 0 aliphatic heterocycles. The topological polar surface area (TPSA) is 47.6 Å². The van der Waals surface area contributed by atoms with Gasteiger partial charge < -0.3 is 14.8 Å². The highest BCUT2D eigenvalue weighted by molar-refractivity contribution is 5.95. The number of nitrogens with one attached hydrogen (secondary N) is 1. The molecule has 1 aromatic carbocycles. The molecule has 0 saturated heterocycles. The number of alkyl halides is 5. The lowest BCUT2D eigenvalue weighted by Gasteiger charge is -2.31. The second kappa shape index (κ2) is 7.88. The summed E-state index contributed by atoms with van der Waals surface area (Å²) in [5.74, 6) is -2.39. The van der Waals surface area contributed by atoms with Gasteiger partial charge in [0.25, 0.3) is 5.91 Å². The van der Waals surface area contributed by atoms with Gasteiger partial charge in [0, 0.05) is 11.6 Å². The van der Waals surface area contributed by atoms with E-state index in [9.17, 15) is 26.7 Å². The number of rotatable bonds is 5. The molecule has 0 spiro atoms. The van der Waals surface area contributed by atoms with E-state index in [2.05, 4.69) is 10.1 Å². The Morgan fingerprint density at radius 3 is 2.56 bits per heavy atom. The molecule has 2 rings (SSSR count). The summed E-state index contributed by atoms with van der Waals surface area (Å²) >= 11 is 0. The molecule has 9 heteroatoms. The van der Waals surface area contributed by atoms with Crippen LogP contribution in [0.1, 0.15) is 36.0 Å². The van der Waals surface area contributed by atoms with Crippen LogP contribution in [0.4, 0.5) is 22.0 Å². The minimum absolute atomic E-state index is 0.00517. The van der Waals surface area contributed by atoms with E-state index >= 15 is 0 Å². The molecule has 1 aliphatic carbocycles. The number of hydrogen-bond donors (Lipinski definition) is 1. The predicted octanol–water partition coefficient (Wildman–Crippen LogP) is 4.15. The molecule has 140 valence electrons. The second-order valence-corrected chi connectivity index (χ2v) is 5.82. The number of ether oxygens (including phenoxy) is 2. The minimum Gasteiger partial charge on any atom is -0.493 e. The number of amides is 1. The summed E-state index contributed by atoms with van der Waals surface area (Å²) in [6, 6.07) is 3.07. The molecule has 0 bridgehead atoms. The molecule has 4 nitrogen and oxygen atoms in total. The number of methoxy groups -OCH3 is 1. The molecule has 1 aromatic rings. The zero-order valence-corrected chi connectivity index (χ0v) is 13.4. The van der Waals surface area contributed by atoms with Crippen LogP contribution >= 0.6 is 0 Å². The highest BCUT2D eigenvalue weighted by Gasteiger charge is 2.42. The van der Waals surface area contributed by atoms with Crippen molar-refractivity contribution in [3.05, 3.63) is 23.8 Å². The van der Waals surface area contributed by atoms with Crippen molar-refractivity contribution in [1.29, 1.82) is 0 Å². The lowest BCUT2D eigenvalue weighted by Crippen LogP contribution is -2.41. The SMILES string of the molecule is COc1ccc(C(=O)N[C@H]2CCC[C@@H](C(F)(F)F)C2)cc1OC(F)F. The van der Waals surface area contributed by atoms with Crippen LogP contribution < -0.4 is 14.8 Å². The van der Waals surface area contributed by atoms with E-state index in [1.165, 1.54) is 19.2 Å². The molecule has 0 aromatic heterocycles. The maximum absolute atomic E-state index is 12.8. The van der Waals surface area contributed by atoms with Crippen molar-refractivity contribution in [3.63, 3.8) is 0 Å². The van der Waals surface area contributed by atoms with Gasteiger partial charge in [0.1, 0.15) is 0 Å². The summed E-state index contributed by atoms with van der Waals surface area (Å²) in [7, 11) is 1.26. The van der Waals surface area contributed by atoms with Crippen LogP contribution in [0.5, 0.6) is 11.5 Å². The Morgan fingerprint density at radius 1 is 1.24 bits per heavy atom. The lowest BCUT2D eigenvalue weighted by atomic mass is 9.85. The third-order valence-electron chi connectivity index (χ3n) is 4.11. The lowest BCUT2D eigenvalue weighted by molar-refractivity contribution is -0.183. The van der Waals surface area contributed by atoms with E-state index in [0.717, 1.165) is 6.07 Å². The molecule has 0 unspecified atom stereocenters. The molecule has 1 saturated carbocycles. The number of carbonyl (C=O) groups excluding carboxylic acids is 1. The van der Waals surface area contributed by atoms with Gasteiger partial charge in [0.15, 0.2) is 11.5 Å². The Labute approximate surface area is 141 Å². The van der Waals surface area contributed by atoms with Crippen LogP contribution in [0, 0.1) is 5.92 Å². The Bertz CT molecular complexity index is 606. The van der Waals surface area contributed by atoms with Crippen LogP contribution in [0.15, 0.2) is 18.2 Å². The van der Waals surface area contributed by atoms with Gasteiger partial charge >= 0.3 is 12.8 Å². The fourth-order valence-electron chi connectivity index (χ4n) is 2.89.